The van der Waals surface area contributed by atoms with Crippen LogP contribution >= 0.6 is 0 Å². The lowest BCUT2D eigenvalue weighted by Gasteiger charge is -2.39. The van der Waals surface area contributed by atoms with Crippen molar-refractivity contribution < 1.29 is 40.2 Å². The Morgan fingerprint density at radius 3 is 2.43 bits per heavy atom. The number of hydrogen-bond acceptors (Lipinski definition) is 6. The van der Waals surface area contributed by atoms with Crippen molar-refractivity contribution in [2.75, 3.05) is 6.61 Å². The Hall–Kier alpha value is -1.46. The van der Waals surface area contributed by atoms with Gasteiger partial charge in [0.25, 0.3) is 11.8 Å². The summed E-state index contributed by atoms with van der Waals surface area (Å²) in [5, 5.41) is -0.309. The summed E-state index contributed by atoms with van der Waals surface area (Å²) in [6, 6.07) is 0. The van der Waals surface area contributed by atoms with Crippen LogP contribution < -0.4 is 0 Å². The number of carbonyl (C=O) groups is 2. The normalized spacial score (nSPS) is 35.5. The van der Waals surface area contributed by atoms with Crippen LogP contribution in [0.5, 0.6) is 0 Å². The highest BCUT2D eigenvalue weighted by atomic mass is 32.2. The predicted molar refractivity (Wildman–Crippen MR) is 57.3 cm³/mol. The minimum absolute atomic E-state index is 0.174. The van der Waals surface area contributed by atoms with Crippen LogP contribution in [0.4, 0.5) is 13.2 Å². The number of alkyl halides is 3. The Morgan fingerprint density at radius 2 is 1.90 bits per heavy atom. The van der Waals surface area contributed by atoms with Crippen molar-refractivity contribution in [3.8, 4) is 0 Å². The van der Waals surface area contributed by atoms with Gasteiger partial charge in [-0.05, 0) is 0 Å². The average Bonchev–Trinajstić information content (AvgIpc) is 2.53. The van der Waals surface area contributed by atoms with E-state index in [1.807, 2.05) is 0 Å². The number of nitrogens with zero attached hydrogens (tertiary/aromatic N) is 1. The molecule has 2 amide bonds. The summed E-state index contributed by atoms with van der Waals surface area (Å²) in [6.45, 7) is -0.174. The van der Waals surface area contributed by atoms with Crippen LogP contribution in [0.3, 0.4) is 0 Å². The zero-order chi connectivity index (χ0) is 15.6. The van der Waals surface area contributed by atoms with Crippen molar-refractivity contribution in [1.29, 1.82) is 0 Å². The van der Waals surface area contributed by atoms with Crippen molar-refractivity contribution in [3.63, 3.8) is 0 Å². The van der Waals surface area contributed by atoms with Crippen molar-refractivity contribution in [2.45, 2.75) is 11.6 Å². The van der Waals surface area contributed by atoms with E-state index in [1.54, 1.807) is 12.2 Å². The highest BCUT2D eigenvalue weighted by molar-refractivity contribution is 7.87. The number of ether oxygens (including phenoxy) is 1. The van der Waals surface area contributed by atoms with Gasteiger partial charge in [0.15, 0.2) is 0 Å². The molecule has 2 heterocycles. The fourth-order valence-electron chi connectivity index (χ4n) is 2.58. The number of hydrogen-bond donors (Lipinski definition) is 0. The first kappa shape index (κ1) is 14.5. The molecule has 0 aromatic carbocycles. The molecule has 0 saturated carbocycles. The minimum atomic E-state index is -6.08. The molecule has 3 rings (SSSR count). The molecule has 0 radical (unpaired) electrons. The average molecular weight is 327 g/mol. The maximum atomic E-state index is 12.3. The molecule has 0 bridgehead atoms. The van der Waals surface area contributed by atoms with E-state index < -0.39 is 45.2 Å². The predicted octanol–water partition coefficient (Wildman–Crippen LogP) is -0.0464. The van der Waals surface area contributed by atoms with E-state index in [4.69, 9.17) is 4.74 Å². The van der Waals surface area contributed by atoms with Gasteiger partial charge in [-0.1, -0.05) is 12.2 Å². The molecular weight excluding hydrogens is 319 g/mol. The van der Waals surface area contributed by atoms with Gasteiger partial charge >= 0.3 is 15.6 Å². The number of hydroxylamine groups is 2. The summed E-state index contributed by atoms with van der Waals surface area (Å²) in [5.74, 6) is -4.68. The number of carbonyl (C=O) groups excluding carboxylic acids is 2. The summed E-state index contributed by atoms with van der Waals surface area (Å²) in [6.07, 6.45) is 2.85. The van der Waals surface area contributed by atoms with E-state index >= 15 is 0 Å². The van der Waals surface area contributed by atoms with Crippen LogP contribution in [-0.2, 0) is 28.7 Å². The SMILES string of the molecule is O=C1C2COC3C=CC3C2C(=O)N1OS(=O)(=O)C(F)(F)F. The number of imide groups is 1. The third-order valence-electron chi connectivity index (χ3n) is 3.68. The van der Waals surface area contributed by atoms with E-state index in [0.29, 0.717) is 0 Å². The molecule has 0 N–H and O–H groups in total. The fourth-order valence-corrected chi connectivity index (χ4v) is 3.01. The van der Waals surface area contributed by atoms with Crippen molar-refractivity contribution in [2.24, 2.45) is 17.8 Å². The second-order valence-corrected chi connectivity index (χ2v) is 6.36. The van der Waals surface area contributed by atoms with Crippen molar-refractivity contribution in [3.05, 3.63) is 12.2 Å². The van der Waals surface area contributed by atoms with Gasteiger partial charge in [0.05, 0.1) is 24.5 Å². The van der Waals surface area contributed by atoms with Crippen LogP contribution in [0.1, 0.15) is 0 Å². The molecule has 2 aliphatic heterocycles. The van der Waals surface area contributed by atoms with Gasteiger partial charge in [-0.2, -0.15) is 21.6 Å². The van der Waals surface area contributed by atoms with Crippen molar-refractivity contribution >= 4 is 21.9 Å². The van der Waals surface area contributed by atoms with Crippen LogP contribution in [0.15, 0.2) is 12.2 Å². The molecule has 0 spiro atoms. The Labute approximate surface area is 116 Å². The molecule has 11 heteroatoms. The van der Waals surface area contributed by atoms with Crippen LogP contribution in [0, 0.1) is 17.8 Å². The number of amides is 2. The summed E-state index contributed by atoms with van der Waals surface area (Å²) in [4.78, 5) is 23.9. The summed E-state index contributed by atoms with van der Waals surface area (Å²) in [5.41, 5.74) is -5.73. The smallest absolute Gasteiger partial charge is 0.373 e. The molecular formula is C10H8F3NO6S. The first-order valence-corrected chi connectivity index (χ1v) is 7.23. The third kappa shape index (κ3) is 1.99. The van der Waals surface area contributed by atoms with Crippen LogP contribution in [-0.4, -0.2) is 43.5 Å². The molecule has 1 aliphatic carbocycles. The van der Waals surface area contributed by atoms with Gasteiger partial charge in [0.2, 0.25) is 0 Å². The van der Waals surface area contributed by atoms with Gasteiger partial charge in [-0.15, -0.1) is 9.35 Å². The molecule has 0 aromatic rings. The Bertz CT molecular complexity index is 642. The van der Waals surface area contributed by atoms with Crippen LogP contribution in [0.2, 0.25) is 0 Å². The minimum Gasteiger partial charge on any atom is -0.373 e. The lowest BCUT2D eigenvalue weighted by Crippen LogP contribution is -2.46. The quantitative estimate of drug-likeness (QED) is 0.401. The number of rotatable bonds is 2. The van der Waals surface area contributed by atoms with Gasteiger partial charge < -0.3 is 4.74 Å². The molecule has 0 aromatic heterocycles. The van der Waals surface area contributed by atoms with Gasteiger partial charge in [-0.25, -0.2) is 0 Å². The molecule has 3 aliphatic rings. The zero-order valence-electron chi connectivity index (χ0n) is 10.1. The molecule has 116 valence electrons. The highest BCUT2D eigenvalue weighted by Crippen LogP contribution is 2.44. The summed E-state index contributed by atoms with van der Waals surface area (Å²) < 4.78 is 67.6. The standard InChI is InChI=1S/C10H8F3NO6S/c11-10(12,13)21(17,18)20-14-8(15)5-3-19-6-2-1-4(6)7(5)9(14)16/h1-2,4-7H,3H2. The molecule has 4 atom stereocenters. The van der Waals surface area contributed by atoms with Gasteiger partial charge in [-0.3, -0.25) is 9.59 Å². The largest absolute Gasteiger partial charge is 0.525 e. The second-order valence-electron chi connectivity index (χ2n) is 4.84. The molecule has 21 heavy (non-hydrogen) atoms. The lowest BCUT2D eigenvalue weighted by atomic mass is 9.73. The molecule has 2 fully saturated rings. The molecule has 7 nitrogen and oxygen atoms in total. The maximum absolute atomic E-state index is 12.3. The lowest BCUT2D eigenvalue weighted by molar-refractivity contribution is -0.168. The van der Waals surface area contributed by atoms with Crippen LogP contribution in [0.25, 0.3) is 0 Å². The first-order chi connectivity index (χ1) is 9.63. The van der Waals surface area contributed by atoms with E-state index in [-0.39, 0.29) is 17.8 Å². The van der Waals surface area contributed by atoms with E-state index in [9.17, 15) is 31.2 Å². The number of halogens is 3. The van der Waals surface area contributed by atoms with E-state index in [1.165, 1.54) is 0 Å². The Kier molecular flexibility index (Phi) is 2.94. The summed E-state index contributed by atoms with van der Waals surface area (Å²) >= 11 is 0. The van der Waals surface area contributed by atoms with Gasteiger partial charge in [0, 0.05) is 5.92 Å². The van der Waals surface area contributed by atoms with E-state index in [2.05, 4.69) is 4.28 Å². The fraction of sp³-hybridized carbons (Fsp3) is 0.600. The summed E-state index contributed by atoms with van der Waals surface area (Å²) in [7, 11) is -6.08. The first-order valence-electron chi connectivity index (χ1n) is 5.82. The Morgan fingerprint density at radius 1 is 1.24 bits per heavy atom. The zero-order valence-corrected chi connectivity index (χ0v) is 10.9. The second kappa shape index (κ2) is 4.27. The van der Waals surface area contributed by atoms with Gasteiger partial charge in [0.1, 0.15) is 0 Å². The number of fused-ring (bicyclic) bond motifs is 3. The molecule has 4 unspecified atom stereocenters. The third-order valence-corrected chi connectivity index (χ3v) is 4.59. The molecule has 2 saturated heterocycles. The van der Waals surface area contributed by atoms with Crippen molar-refractivity contribution in [1.82, 2.24) is 5.06 Å². The Balaban J connectivity index is 1.87. The maximum Gasteiger partial charge on any atom is 0.525 e. The van der Waals surface area contributed by atoms with E-state index in [0.717, 1.165) is 0 Å². The monoisotopic (exact) mass is 327 g/mol. The topological polar surface area (TPSA) is 90.0 Å². The highest BCUT2D eigenvalue weighted by Gasteiger charge is 2.60.